The Bertz CT molecular complexity index is 4000. The molecule has 2 aliphatic heterocycles. The summed E-state index contributed by atoms with van der Waals surface area (Å²) in [6.07, 6.45) is 9.68. The summed E-state index contributed by atoms with van der Waals surface area (Å²) in [6.45, 7) is 107. The SMILES string of the molecule is C[Si](C)(C)[Si](C)(C)c1cc(-c2c3nc(c(-c4cc([Si](C)(C)[Si](C)(C)C)cc([Si](C)(C)[Si](C)(C)C)c4)c4ccc([nH]4)c(-c4cc([Si](C)(C)[Si](C)(C)C)cc([Si](C)(C)[Si](C)(C)C)c4)c4nc(c(-c5cc([Si](C)(C)[Si](C)(C)C)cc([Si](C)(C)[Si](C)(C)C)c5)c5ccc2[nH]5)C=C4)C=C3)cc([Si](C)(C)[Si](C)(C)C)c1. The van der Waals surface area contributed by atoms with Gasteiger partial charge in [-0.1, -0.05) is 376 Å². The molecular formula is C84H142N4Si16. The Morgan fingerprint density at radius 3 is 0.423 bits per heavy atom. The highest BCUT2D eigenvalue weighted by molar-refractivity contribution is 7.49. The highest BCUT2D eigenvalue weighted by atomic mass is 29.3. The third-order valence-electron chi connectivity index (χ3n) is 30.4. The number of benzene rings is 4. The first kappa shape index (κ1) is 85.0. The largest absolute Gasteiger partial charge is 0.354 e. The fraction of sp³-hybridized carbons (Fsp3) is 0.476. The van der Waals surface area contributed by atoms with Gasteiger partial charge < -0.3 is 9.97 Å². The second kappa shape index (κ2) is 27.4. The topological polar surface area (TPSA) is 57.4 Å². The summed E-state index contributed by atoms with van der Waals surface area (Å²) in [5.74, 6) is 0. The van der Waals surface area contributed by atoms with Crippen LogP contribution in [0.25, 0.3) is 90.9 Å². The molecule has 7 aromatic rings. The van der Waals surface area contributed by atoms with Gasteiger partial charge in [0.15, 0.2) is 0 Å². The van der Waals surface area contributed by atoms with Crippen molar-refractivity contribution in [2.45, 2.75) is 262 Å². The number of hydrogen-bond acceptors (Lipinski definition) is 2. The quantitative estimate of drug-likeness (QED) is 0.0747. The number of nitrogens with zero attached hydrogens (tertiary/aromatic N) is 2. The van der Waals surface area contributed by atoms with Crippen LogP contribution in [0.15, 0.2) is 97.1 Å². The highest BCUT2D eigenvalue weighted by Crippen LogP contribution is 2.41. The van der Waals surface area contributed by atoms with Crippen LogP contribution in [-0.4, -0.2) is 141 Å². The molecule has 4 nitrogen and oxygen atoms in total. The van der Waals surface area contributed by atoms with E-state index in [-0.39, 0.29) is 0 Å². The Morgan fingerprint density at radius 2 is 0.308 bits per heavy atom. The molecule has 0 amide bonds. The minimum absolute atomic E-state index is 1.03. The van der Waals surface area contributed by atoms with E-state index in [0.717, 1.165) is 44.8 Å². The number of hydrogen-bond donors (Lipinski definition) is 2. The normalized spacial score (nSPS) is 14.8. The van der Waals surface area contributed by atoms with Crippen molar-refractivity contribution in [2.24, 2.45) is 0 Å². The summed E-state index contributed by atoms with van der Waals surface area (Å²) >= 11 is 0. The van der Waals surface area contributed by atoms with E-state index < -0.39 is 121 Å². The van der Waals surface area contributed by atoms with Crippen molar-refractivity contribution < 1.29 is 0 Å². The van der Waals surface area contributed by atoms with Crippen LogP contribution in [0.1, 0.15) is 22.8 Å². The van der Waals surface area contributed by atoms with Gasteiger partial charge in [-0.3, -0.25) is 0 Å². The maximum Gasteiger partial charge on any atom is 0.0737 e. The number of fused-ring (bicyclic) bond motifs is 8. The highest BCUT2D eigenvalue weighted by Gasteiger charge is 2.48. The summed E-state index contributed by atoms with van der Waals surface area (Å²) in [4.78, 5) is 21.4. The molecule has 104 heavy (non-hydrogen) atoms. The van der Waals surface area contributed by atoms with Gasteiger partial charge in [0.05, 0.1) is 83.5 Å². The van der Waals surface area contributed by atoms with Gasteiger partial charge in [0, 0.05) is 105 Å². The minimum Gasteiger partial charge on any atom is -0.354 e. The first-order chi connectivity index (χ1) is 46.6. The van der Waals surface area contributed by atoms with E-state index in [1.54, 1.807) is 41.5 Å². The zero-order valence-electron chi connectivity index (χ0n) is 73.4. The first-order valence-electron chi connectivity index (χ1n) is 39.5. The minimum atomic E-state index is -1.99. The number of H-pyrrole nitrogens is 2. The van der Waals surface area contributed by atoms with Gasteiger partial charge in [0.1, 0.15) is 0 Å². The number of aromatic amines is 2. The average Bonchev–Trinajstić information content (AvgIpc) is 0.943. The Balaban J connectivity index is 1.65. The third kappa shape index (κ3) is 15.3. The van der Waals surface area contributed by atoms with Crippen molar-refractivity contribution in [3.05, 3.63) is 120 Å². The molecule has 2 aliphatic rings. The predicted octanol–water partition coefficient (Wildman–Crippen LogP) is 22.0. The van der Waals surface area contributed by atoms with Crippen LogP contribution in [0.2, 0.25) is 262 Å². The number of rotatable bonds is 20. The van der Waals surface area contributed by atoms with E-state index in [2.05, 4.69) is 393 Å². The van der Waals surface area contributed by atoms with Crippen molar-refractivity contribution in [1.82, 2.24) is 19.9 Å². The molecule has 9 rings (SSSR count). The van der Waals surface area contributed by atoms with E-state index in [0.29, 0.717) is 0 Å². The van der Waals surface area contributed by atoms with Gasteiger partial charge in [-0.05, 0) is 70.8 Å². The molecule has 0 unspecified atom stereocenters. The molecule has 562 valence electrons. The number of nitrogens with one attached hydrogen (secondary N) is 2. The van der Waals surface area contributed by atoms with E-state index in [1.807, 2.05) is 0 Å². The molecule has 5 heterocycles. The maximum absolute atomic E-state index is 6.27. The lowest BCUT2D eigenvalue weighted by Crippen LogP contribution is -2.65. The van der Waals surface area contributed by atoms with Crippen LogP contribution in [0, 0.1) is 0 Å². The standard InChI is InChI=1S/C84H142N4Si16/c1-89(2,3)97(25,26)65-49-61(50-66(57-65)98(27,28)90(4,5)6)81-73-41-43-75(85-73)82(62-51-67(99(29,30)91(7,8)9)58-68(52-62)100(31,32)92(10,11)12)77-45-47-79(87-77)84(64-55-71(103(37,38)95(19,20)21)60-72(56-64)104(39,40)96(22,23)24)80-48-46-78(88-80)83(76-44-42-74(81)86-76)63-53-69(101(33,34)93(13,14)15)59-70(54-63)102(35,36)94(16,17)18/h41-60,85,88H,1-40H3. The summed E-state index contributed by atoms with van der Waals surface area (Å²) in [6, 6.07) is 42.3. The zero-order valence-corrected chi connectivity index (χ0v) is 89.4. The fourth-order valence-electron chi connectivity index (χ4n) is 13.9. The molecule has 0 radical (unpaired) electrons. The van der Waals surface area contributed by atoms with Crippen LogP contribution >= 0.6 is 0 Å². The van der Waals surface area contributed by atoms with Crippen molar-refractivity contribution in [3.8, 4) is 44.5 Å². The first-order valence-corrected chi connectivity index (χ1v) is 99.5. The summed E-state index contributed by atoms with van der Waals surface area (Å²) < 4.78 is 0. The second-order valence-electron chi connectivity index (χ2n) is 44.7. The maximum atomic E-state index is 6.27. The second-order valence-corrected chi connectivity index (χ2v) is 177. The van der Waals surface area contributed by atoms with Gasteiger partial charge in [0.2, 0.25) is 0 Å². The van der Waals surface area contributed by atoms with Crippen LogP contribution in [0.3, 0.4) is 0 Å². The molecule has 0 atom stereocenters. The monoisotopic (exact) mass is 1650 g/mol. The van der Waals surface area contributed by atoms with Gasteiger partial charge in [-0.15, -0.1) is 0 Å². The van der Waals surface area contributed by atoms with Crippen molar-refractivity contribution in [1.29, 1.82) is 0 Å². The molecular weight excluding hydrogens is 1510 g/mol. The molecule has 0 saturated carbocycles. The lowest BCUT2D eigenvalue weighted by molar-refractivity contribution is 1.31. The molecule has 0 aliphatic carbocycles. The molecule has 8 bridgehead atoms. The summed E-state index contributed by atoms with van der Waals surface area (Å²) in [5, 5.41) is 12.9. The zero-order chi connectivity index (χ0) is 78.8. The van der Waals surface area contributed by atoms with Crippen molar-refractivity contribution in [2.75, 3.05) is 0 Å². The summed E-state index contributed by atoms with van der Waals surface area (Å²) in [7, 11) is -29.3. The van der Waals surface area contributed by atoms with Gasteiger partial charge in [-0.25, -0.2) is 9.97 Å². The molecule has 20 heteroatoms. The predicted molar refractivity (Wildman–Crippen MR) is 524 cm³/mol. The lowest BCUT2D eigenvalue weighted by atomic mass is 10.0. The van der Waals surface area contributed by atoms with Crippen molar-refractivity contribution >= 4 is 209 Å². The third-order valence-corrected chi connectivity index (χ3v) is 171. The smallest absolute Gasteiger partial charge is 0.0737 e. The molecule has 3 aromatic heterocycles. The van der Waals surface area contributed by atoms with Gasteiger partial charge in [0.25, 0.3) is 0 Å². The van der Waals surface area contributed by atoms with Crippen LogP contribution in [-0.2, 0) is 0 Å². The molecule has 0 fully saturated rings. The van der Waals surface area contributed by atoms with Crippen LogP contribution < -0.4 is 41.5 Å². The fourth-order valence-corrected chi connectivity index (χ4v) is 53.9. The lowest BCUT2D eigenvalue weighted by Gasteiger charge is -2.40. The molecule has 4 aromatic carbocycles. The van der Waals surface area contributed by atoms with Gasteiger partial charge in [-0.2, -0.15) is 0 Å². The van der Waals surface area contributed by atoms with E-state index in [9.17, 15) is 0 Å². The van der Waals surface area contributed by atoms with E-state index >= 15 is 0 Å². The van der Waals surface area contributed by atoms with Crippen molar-refractivity contribution in [3.63, 3.8) is 0 Å². The molecule has 2 N–H and O–H groups in total. The van der Waals surface area contributed by atoms with E-state index in [1.165, 1.54) is 44.5 Å². The van der Waals surface area contributed by atoms with Crippen LogP contribution in [0.4, 0.5) is 0 Å². The number of aromatic nitrogens is 4. The molecule has 0 saturated heterocycles. The van der Waals surface area contributed by atoms with Gasteiger partial charge >= 0.3 is 0 Å². The summed E-state index contributed by atoms with van der Waals surface area (Å²) in [5.41, 5.74) is 18.6. The van der Waals surface area contributed by atoms with E-state index in [4.69, 9.17) is 9.97 Å². The Labute approximate surface area is 649 Å². The Kier molecular flexibility index (Phi) is 22.4. The Hall–Kier alpha value is -3.05. The van der Waals surface area contributed by atoms with Crippen LogP contribution in [0.5, 0.6) is 0 Å². The Morgan fingerprint density at radius 1 is 0.183 bits per heavy atom. The molecule has 0 spiro atoms. The average molecular weight is 1660 g/mol.